The number of aryl methyl sites for hydroxylation is 1. The summed E-state index contributed by atoms with van der Waals surface area (Å²) in [5.74, 6) is 0. The Morgan fingerprint density at radius 2 is 2.00 bits per heavy atom. The molecule has 1 N–H and O–H groups in total. The molecule has 0 aliphatic heterocycles. The van der Waals surface area contributed by atoms with Gasteiger partial charge in [0.2, 0.25) is 0 Å². The molecular formula is C14H10BrClN2. The fraction of sp³-hybridized carbons (Fsp3) is 0.0714. The van der Waals surface area contributed by atoms with Gasteiger partial charge in [0.25, 0.3) is 0 Å². The first-order valence-corrected chi connectivity index (χ1v) is 6.50. The summed E-state index contributed by atoms with van der Waals surface area (Å²) in [6.07, 6.45) is 0. The minimum absolute atomic E-state index is 0.564. The van der Waals surface area contributed by atoms with Crippen LogP contribution in [-0.2, 0) is 0 Å². The third kappa shape index (κ3) is 2.66. The van der Waals surface area contributed by atoms with Crippen LogP contribution in [0.5, 0.6) is 0 Å². The second kappa shape index (κ2) is 5.43. The van der Waals surface area contributed by atoms with Crippen LogP contribution < -0.4 is 5.32 Å². The lowest BCUT2D eigenvalue weighted by Crippen LogP contribution is -1.95. The van der Waals surface area contributed by atoms with E-state index in [2.05, 4.69) is 27.3 Å². The number of nitrogens with zero attached hydrogens (tertiary/aromatic N) is 1. The highest BCUT2D eigenvalue weighted by Gasteiger charge is 2.07. The van der Waals surface area contributed by atoms with E-state index in [-0.39, 0.29) is 0 Å². The fourth-order valence-electron chi connectivity index (χ4n) is 1.61. The molecule has 0 unspecified atom stereocenters. The molecule has 0 saturated carbocycles. The highest BCUT2D eigenvalue weighted by Crippen LogP contribution is 2.30. The van der Waals surface area contributed by atoms with Crippen molar-refractivity contribution >= 4 is 38.9 Å². The van der Waals surface area contributed by atoms with E-state index in [0.29, 0.717) is 10.6 Å². The molecule has 90 valence electrons. The van der Waals surface area contributed by atoms with Crippen molar-refractivity contribution in [1.82, 2.24) is 0 Å². The Balaban J connectivity index is 2.41. The Bertz CT molecular complexity index is 632. The third-order valence-corrected chi connectivity index (χ3v) is 3.49. The molecule has 0 fully saturated rings. The Labute approximate surface area is 119 Å². The molecule has 2 rings (SSSR count). The van der Waals surface area contributed by atoms with Crippen LogP contribution in [0.1, 0.15) is 11.1 Å². The number of hydrogen-bond acceptors (Lipinski definition) is 2. The molecule has 2 aromatic rings. The maximum absolute atomic E-state index is 9.14. The second-order valence-corrected chi connectivity index (χ2v) is 5.14. The highest BCUT2D eigenvalue weighted by atomic mass is 79.9. The molecular weight excluding hydrogens is 312 g/mol. The molecule has 0 saturated heterocycles. The molecule has 2 nitrogen and oxygen atoms in total. The van der Waals surface area contributed by atoms with Crippen LogP contribution in [0.15, 0.2) is 40.9 Å². The van der Waals surface area contributed by atoms with E-state index >= 15 is 0 Å². The van der Waals surface area contributed by atoms with Crippen LogP contribution in [0.25, 0.3) is 0 Å². The lowest BCUT2D eigenvalue weighted by molar-refractivity contribution is 1.42. The Morgan fingerprint density at radius 1 is 1.22 bits per heavy atom. The van der Waals surface area contributed by atoms with Gasteiger partial charge >= 0.3 is 0 Å². The molecule has 0 aliphatic carbocycles. The van der Waals surface area contributed by atoms with Gasteiger partial charge in [0, 0.05) is 4.47 Å². The summed E-state index contributed by atoms with van der Waals surface area (Å²) in [5, 5.41) is 13.0. The first-order chi connectivity index (χ1) is 8.61. The van der Waals surface area contributed by atoms with Crippen molar-refractivity contribution in [2.75, 3.05) is 5.32 Å². The van der Waals surface area contributed by atoms with Crippen LogP contribution >= 0.6 is 27.5 Å². The molecule has 4 heteroatoms. The lowest BCUT2D eigenvalue weighted by atomic mass is 10.1. The van der Waals surface area contributed by atoms with Crippen molar-refractivity contribution in [2.24, 2.45) is 0 Å². The van der Waals surface area contributed by atoms with E-state index in [4.69, 9.17) is 16.9 Å². The largest absolute Gasteiger partial charge is 0.353 e. The average Bonchev–Trinajstić information content (AvgIpc) is 2.33. The van der Waals surface area contributed by atoms with E-state index in [1.54, 1.807) is 0 Å². The monoisotopic (exact) mass is 320 g/mol. The lowest BCUT2D eigenvalue weighted by Gasteiger charge is -2.11. The fourth-order valence-corrected chi connectivity index (χ4v) is 2.35. The maximum atomic E-state index is 9.14. The summed E-state index contributed by atoms with van der Waals surface area (Å²) < 4.78 is 0.762. The number of nitrogens with one attached hydrogen (secondary N) is 1. The summed E-state index contributed by atoms with van der Waals surface area (Å²) in [5.41, 5.74) is 3.18. The van der Waals surface area contributed by atoms with Crippen LogP contribution in [-0.4, -0.2) is 0 Å². The van der Waals surface area contributed by atoms with E-state index in [1.165, 1.54) is 0 Å². The van der Waals surface area contributed by atoms with Gasteiger partial charge in [-0.05, 0) is 52.7 Å². The molecule has 0 bridgehead atoms. The zero-order valence-corrected chi connectivity index (χ0v) is 12.0. The molecule has 0 heterocycles. The summed E-state index contributed by atoms with van der Waals surface area (Å²) in [6.45, 7) is 1.98. The summed E-state index contributed by atoms with van der Waals surface area (Å²) in [4.78, 5) is 0. The molecule has 0 amide bonds. The van der Waals surface area contributed by atoms with E-state index in [9.17, 15) is 0 Å². The van der Waals surface area contributed by atoms with Gasteiger partial charge in [-0.25, -0.2) is 0 Å². The average molecular weight is 322 g/mol. The van der Waals surface area contributed by atoms with Crippen molar-refractivity contribution in [2.45, 2.75) is 6.92 Å². The van der Waals surface area contributed by atoms with Crippen molar-refractivity contribution in [3.63, 3.8) is 0 Å². The molecule has 0 aliphatic rings. The maximum Gasteiger partial charge on any atom is 0.103 e. The van der Waals surface area contributed by atoms with Crippen molar-refractivity contribution in [3.8, 4) is 6.07 Å². The molecule has 0 spiro atoms. The second-order valence-electron chi connectivity index (χ2n) is 3.88. The van der Waals surface area contributed by atoms with E-state index in [1.807, 2.05) is 43.3 Å². The van der Waals surface area contributed by atoms with Crippen molar-refractivity contribution < 1.29 is 0 Å². The number of hydrogen-bond donors (Lipinski definition) is 1. The Hall–Kier alpha value is -1.50. The van der Waals surface area contributed by atoms with Crippen LogP contribution in [0.3, 0.4) is 0 Å². The van der Waals surface area contributed by atoms with Gasteiger partial charge in [-0.15, -0.1) is 0 Å². The van der Waals surface area contributed by atoms with Crippen molar-refractivity contribution in [1.29, 1.82) is 5.26 Å². The van der Waals surface area contributed by atoms with Gasteiger partial charge in [0.05, 0.1) is 22.0 Å². The zero-order valence-electron chi connectivity index (χ0n) is 9.67. The molecule has 0 aromatic heterocycles. The molecule has 18 heavy (non-hydrogen) atoms. The van der Waals surface area contributed by atoms with Crippen LogP contribution in [0.2, 0.25) is 5.02 Å². The number of anilines is 2. The predicted octanol–water partition coefficient (Wildman–Crippen LogP) is 5.03. The highest BCUT2D eigenvalue weighted by molar-refractivity contribution is 9.10. The van der Waals surface area contributed by atoms with Gasteiger partial charge in [-0.2, -0.15) is 5.26 Å². The van der Waals surface area contributed by atoms with E-state index < -0.39 is 0 Å². The normalized spacial score (nSPS) is 9.89. The first-order valence-electron chi connectivity index (χ1n) is 5.33. The number of rotatable bonds is 2. The minimum Gasteiger partial charge on any atom is -0.353 e. The van der Waals surface area contributed by atoms with Gasteiger partial charge in [0.15, 0.2) is 0 Å². The van der Waals surface area contributed by atoms with Gasteiger partial charge in [0.1, 0.15) is 6.07 Å². The predicted molar refractivity (Wildman–Crippen MR) is 78.3 cm³/mol. The topological polar surface area (TPSA) is 35.8 Å². The van der Waals surface area contributed by atoms with Gasteiger partial charge < -0.3 is 5.32 Å². The first kappa shape index (κ1) is 12.9. The van der Waals surface area contributed by atoms with E-state index in [0.717, 1.165) is 21.4 Å². The molecule has 2 aromatic carbocycles. The SMILES string of the molecule is Cc1ccc(Nc2cccc(Br)c2C#N)c(Cl)c1. The van der Waals surface area contributed by atoms with Crippen LogP contribution in [0, 0.1) is 18.3 Å². The summed E-state index contributed by atoms with van der Waals surface area (Å²) >= 11 is 9.51. The molecule has 0 atom stereocenters. The standard InChI is InChI=1S/C14H10BrClN2/c1-9-5-6-14(12(16)7-9)18-13-4-2-3-11(15)10(13)8-17/h2-7,18H,1H3. The van der Waals surface area contributed by atoms with Crippen LogP contribution in [0.4, 0.5) is 11.4 Å². The van der Waals surface area contributed by atoms with Gasteiger partial charge in [-0.3, -0.25) is 0 Å². The Morgan fingerprint density at radius 3 is 2.67 bits per heavy atom. The zero-order chi connectivity index (χ0) is 13.1. The third-order valence-electron chi connectivity index (χ3n) is 2.52. The smallest absolute Gasteiger partial charge is 0.103 e. The quantitative estimate of drug-likeness (QED) is 0.842. The minimum atomic E-state index is 0.564. The number of benzene rings is 2. The molecule has 0 radical (unpaired) electrons. The summed E-state index contributed by atoms with van der Waals surface area (Å²) in [6, 6.07) is 13.5. The summed E-state index contributed by atoms with van der Waals surface area (Å²) in [7, 11) is 0. The number of halogens is 2. The van der Waals surface area contributed by atoms with Gasteiger partial charge in [-0.1, -0.05) is 23.7 Å². The number of nitriles is 1. The van der Waals surface area contributed by atoms with Crippen molar-refractivity contribution in [3.05, 3.63) is 57.0 Å². The Kier molecular flexibility index (Phi) is 3.90.